The molecule has 3 N–H and O–H groups in total. The maximum absolute atomic E-state index is 11.4. The lowest BCUT2D eigenvalue weighted by Gasteiger charge is -2.25. The van der Waals surface area contributed by atoms with Crippen molar-refractivity contribution in [3.05, 3.63) is 17.0 Å². The second-order valence-electron chi connectivity index (χ2n) is 4.92. The molecule has 0 bridgehead atoms. The van der Waals surface area contributed by atoms with Crippen molar-refractivity contribution in [1.82, 2.24) is 15.1 Å². The lowest BCUT2D eigenvalue weighted by molar-refractivity contribution is -0.124. The molecule has 0 aliphatic rings. The fraction of sp³-hybridized carbons (Fsp3) is 0.692. The Morgan fingerprint density at radius 2 is 2.11 bits per heavy atom. The predicted molar refractivity (Wildman–Crippen MR) is 72.4 cm³/mol. The van der Waals surface area contributed by atoms with E-state index >= 15 is 0 Å². The van der Waals surface area contributed by atoms with Crippen LogP contribution in [-0.2, 0) is 17.8 Å². The van der Waals surface area contributed by atoms with E-state index in [1.165, 1.54) is 11.3 Å². The molecule has 102 valence electrons. The zero-order chi connectivity index (χ0) is 13.9. The third-order valence-electron chi connectivity index (χ3n) is 3.80. The lowest BCUT2D eigenvalue weighted by atomic mass is 9.97. The van der Waals surface area contributed by atoms with Crippen LogP contribution in [0.2, 0.25) is 0 Å². The van der Waals surface area contributed by atoms with Crippen LogP contribution in [0.25, 0.3) is 0 Å². The molecule has 0 saturated carbocycles. The number of rotatable bonds is 6. The van der Waals surface area contributed by atoms with Crippen LogP contribution in [0, 0.1) is 13.8 Å². The quantitative estimate of drug-likeness (QED) is 0.790. The second kappa shape index (κ2) is 5.52. The summed E-state index contributed by atoms with van der Waals surface area (Å²) in [4.78, 5) is 11.4. The van der Waals surface area contributed by atoms with E-state index in [-0.39, 0.29) is 5.91 Å². The zero-order valence-electron chi connectivity index (χ0n) is 12.0. The average molecular weight is 252 g/mol. The Balaban J connectivity index is 2.84. The molecule has 0 aromatic carbocycles. The monoisotopic (exact) mass is 252 g/mol. The highest BCUT2D eigenvalue weighted by atomic mass is 16.1. The van der Waals surface area contributed by atoms with Crippen LogP contribution >= 0.6 is 0 Å². The highest BCUT2D eigenvalue weighted by Gasteiger charge is 2.29. The van der Waals surface area contributed by atoms with E-state index in [1.54, 1.807) is 7.05 Å². The van der Waals surface area contributed by atoms with Gasteiger partial charge in [0.15, 0.2) is 0 Å². The largest absolute Gasteiger partial charge is 0.368 e. The van der Waals surface area contributed by atoms with Gasteiger partial charge in [-0.2, -0.15) is 5.10 Å². The number of amides is 1. The number of nitrogens with one attached hydrogen (secondary N) is 1. The molecule has 0 spiro atoms. The second-order valence-corrected chi connectivity index (χ2v) is 4.92. The summed E-state index contributed by atoms with van der Waals surface area (Å²) in [5.74, 6) is -0.331. The highest BCUT2D eigenvalue weighted by molar-refractivity contribution is 5.84. The van der Waals surface area contributed by atoms with Crippen molar-refractivity contribution in [2.45, 2.75) is 52.6 Å². The first-order valence-corrected chi connectivity index (χ1v) is 6.37. The number of nitrogens with zero attached hydrogens (tertiary/aromatic N) is 2. The topological polar surface area (TPSA) is 72.9 Å². The first-order valence-electron chi connectivity index (χ1n) is 6.37. The standard InChI is InChI=1S/C13H24N4O/c1-6-11-9(2)16-17(10(11)3)8-7-13(4,15-5)12(14)18/h15H,6-8H2,1-5H3,(H2,14,18). The third kappa shape index (κ3) is 2.72. The van der Waals surface area contributed by atoms with E-state index in [0.717, 1.165) is 12.1 Å². The fourth-order valence-corrected chi connectivity index (χ4v) is 2.16. The minimum atomic E-state index is -0.682. The molecule has 1 aromatic rings. The van der Waals surface area contributed by atoms with Gasteiger partial charge in [0.25, 0.3) is 0 Å². The molecule has 1 amide bonds. The van der Waals surface area contributed by atoms with Gasteiger partial charge in [-0.25, -0.2) is 0 Å². The fourth-order valence-electron chi connectivity index (χ4n) is 2.16. The smallest absolute Gasteiger partial charge is 0.237 e. The van der Waals surface area contributed by atoms with Gasteiger partial charge in [-0.15, -0.1) is 0 Å². The number of aryl methyl sites for hydroxylation is 2. The SMILES string of the molecule is CCc1c(C)nn(CCC(C)(NC)C(N)=O)c1C. The minimum Gasteiger partial charge on any atom is -0.368 e. The summed E-state index contributed by atoms with van der Waals surface area (Å²) in [7, 11) is 1.75. The van der Waals surface area contributed by atoms with Crippen LogP contribution in [0.5, 0.6) is 0 Å². The van der Waals surface area contributed by atoms with Crippen molar-refractivity contribution in [3.8, 4) is 0 Å². The molecule has 5 heteroatoms. The number of hydrogen-bond acceptors (Lipinski definition) is 3. The van der Waals surface area contributed by atoms with E-state index in [2.05, 4.69) is 24.3 Å². The van der Waals surface area contributed by atoms with Crippen LogP contribution in [0.3, 0.4) is 0 Å². The van der Waals surface area contributed by atoms with Gasteiger partial charge in [-0.1, -0.05) is 6.92 Å². The predicted octanol–water partition coefficient (Wildman–Crippen LogP) is 0.916. The maximum Gasteiger partial charge on any atom is 0.237 e. The van der Waals surface area contributed by atoms with Crippen LogP contribution in [0.1, 0.15) is 37.2 Å². The van der Waals surface area contributed by atoms with Crippen molar-refractivity contribution in [2.75, 3.05) is 7.05 Å². The third-order valence-corrected chi connectivity index (χ3v) is 3.80. The van der Waals surface area contributed by atoms with E-state index < -0.39 is 5.54 Å². The first kappa shape index (κ1) is 14.7. The molecule has 0 fully saturated rings. The number of aromatic nitrogens is 2. The number of primary amides is 1. The Hall–Kier alpha value is -1.36. The highest BCUT2D eigenvalue weighted by Crippen LogP contribution is 2.16. The summed E-state index contributed by atoms with van der Waals surface area (Å²) in [5.41, 5.74) is 8.27. The summed E-state index contributed by atoms with van der Waals surface area (Å²) in [5, 5.41) is 7.50. The Kier molecular flexibility index (Phi) is 4.51. The summed E-state index contributed by atoms with van der Waals surface area (Å²) in [6.45, 7) is 8.73. The summed E-state index contributed by atoms with van der Waals surface area (Å²) >= 11 is 0. The van der Waals surface area contributed by atoms with Gasteiger partial charge >= 0.3 is 0 Å². The molecule has 0 radical (unpaired) electrons. The van der Waals surface area contributed by atoms with E-state index in [4.69, 9.17) is 5.73 Å². The van der Waals surface area contributed by atoms with Gasteiger partial charge < -0.3 is 11.1 Å². The molecule has 0 aliphatic heterocycles. The molecule has 1 heterocycles. The van der Waals surface area contributed by atoms with E-state index in [0.29, 0.717) is 13.0 Å². The van der Waals surface area contributed by atoms with Crippen LogP contribution in [-0.4, -0.2) is 28.3 Å². The van der Waals surface area contributed by atoms with Crippen molar-refractivity contribution >= 4 is 5.91 Å². The summed E-state index contributed by atoms with van der Waals surface area (Å²) < 4.78 is 1.96. The van der Waals surface area contributed by atoms with Gasteiger partial charge in [0.2, 0.25) is 5.91 Å². The molecule has 0 aliphatic carbocycles. The van der Waals surface area contributed by atoms with Crippen molar-refractivity contribution in [1.29, 1.82) is 0 Å². The molecule has 5 nitrogen and oxygen atoms in total. The normalized spacial score (nSPS) is 14.5. The Morgan fingerprint density at radius 3 is 2.50 bits per heavy atom. The van der Waals surface area contributed by atoms with Gasteiger partial charge in [-0.05, 0) is 46.2 Å². The zero-order valence-corrected chi connectivity index (χ0v) is 12.0. The Morgan fingerprint density at radius 1 is 1.50 bits per heavy atom. The van der Waals surface area contributed by atoms with Gasteiger partial charge in [0.05, 0.1) is 11.2 Å². The van der Waals surface area contributed by atoms with E-state index in [1.807, 2.05) is 18.5 Å². The average Bonchev–Trinajstić information content (AvgIpc) is 2.60. The molecular formula is C13H24N4O. The summed E-state index contributed by atoms with van der Waals surface area (Å²) in [6.07, 6.45) is 1.61. The minimum absolute atomic E-state index is 0.331. The number of carbonyl (C=O) groups is 1. The van der Waals surface area contributed by atoms with Crippen LogP contribution in [0.15, 0.2) is 0 Å². The van der Waals surface area contributed by atoms with Crippen molar-refractivity contribution in [3.63, 3.8) is 0 Å². The van der Waals surface area contributed by atoms with Crippen molar-refractivity contribution in [2.24, 2.45) is 5.73 Å². The van der Waals surface area contributed by atoms with E-state index in [9.17, 15) is 4.79 Å². The van der Waals surface area contributed by atoms with Gasteiger partial charge in [0.1, 0.15) is 0 Å². The van der Waals surface area contributed by atoms with Crippen LogP contribution < -0.4 is 11.1 Å². The number of nitrogens with two attached hydrogens (primary N) is 1. The summed E-state index contributed by atoms with van der Waals surface area (Å²) in [6, 6.07) is 0. The van der Waals surface area contributed by atoms with Gasteiger partial charge in [0, 0.05) is 12.2 Å². The molecule has 18 heavy (non-hydrogen) atoms. The molecule has 1 rings (SSSR count). The maximum atomic E-state index is 11.4. The van der Waals surface area contributed by atoms with Crippen molar-refractivity contribution < 1.29 is 4.79 Å². The molecule has 1 unspecified atom stereocenters. The molecule has 0 saturated heterocycles. The number of hydrogen-bond donors (Lipinski definition) is 2. The molecule has 1 atom stereocenters. The molecular weight excluding hydrogens is 228 g/mol. The Labute approximate surface area is 109 Å². The molecule has 1 aromatic heterocycles. The van der Waals surface area contributed by atoms with Gasteiger partial charge in [-0.3, -0.25) is 9.48 Å². The lowest BCUT2D eigenvalue weighted by Crippen LogP contribution is -2.52. The number of likely N-dealkylation sites (N-methyl/N-ethyl adjacent to an activating group) is 1. The first-order chi connectivity index (χ1) is 8.35. The number of carbonyl (C=O) groups excluding carboxylic acids is 1. The Bertz CT molecular complexity index is 438. The van der Waals surface area contributed by atoms with Crippen LogP contribution in [0.4, 0.5) is 0 Å².